The molecule has 0 bridgehead atoms. The molecule has 2 amide bonds. The number of aryl methyl sites for hydroxylation is 2. The predicted octanol–water partition coefficient (Wildman–Crippen LogP) is 5.30. The first-order valence-electron chi connectivity index (χ1n) is 10.5. The Balaban J connectivity index is 2.24. The molecule has 1 atom stereocenters. The fourth-order valence-electron chi connectivity index (χ4n) is 3.33. The maximum absolute atomic E-state index is 13.3. The van der Waals surface area contributed by atoms with Gasteiger partial charge in [-0.3, -0.25) is 9.59 Å². The first-order chi connectivity index (χ1) is 14.1. The molecule has 0 aliphatic carbocycles. The Morgan fingerprint density at radius 2 is 1.70 bits per heavy atom. The highest BCUT2D eigenvalue weighted by molar-refractivity contribution is 6.31. The number of hydrogen-bond donors (Lipinski definition) is 1. The number of rotatable bonds is 8. The first-order valence-corrected chi connectivity index (χ1v) is 10.9. The van der Waals surface area contributed by atoms with Crippen LogP contribution in [0.2, 0.25) is 5.02 Å². The van der Waals surface area contributed by atoms with E-state index in [1.165, 1.54) is 5.56 Å². The van der Waals surface area contributed by atoms with Gasteiger partial charge in [-0.15, -0.1) is 0 Å². The normalized spacial score (nSPS) is 12.3. The summed E-state index contributed by atoms with van der Waals surface area (Å²) in [5.74, 6) is -0.188. The van der Waals surface area contributed by atoms with Crippen LogP contribution >= 0.6 is 11.6 Å². The number of amides is 2. The number of benzene rings is 2. The summed E-state index contributed by atoms with van der Waals surface area (Å²) in [6, 6.07) is 15.1. The fraction of sp³-hybridized carbons (Fsp3) is 0.440. The summed E-state index contributed by atoms with van der Waals surface area (Å²) >= 11 is 6.36. The molecule has 1 unspecified atom stereocenters. The minimum absolute atomic E-state index is 0.0496. The minimum atomic E-state index is -0.550. The Morgan fingerprint density at radius 1 is 1.07 bits per heavy atom. The molecule has 0 heterocycles. The quantitative estimate of drug-likeness (QED) is 0.619. The van der Waals surface area contributed by atoms with Crippen molar-refractivity contribution in [2.75, 3.05) is 0 Å². The molecule has 0 fully saturated rings. The van der Waals surface area contributed by atoms with Crippen molar-refractivity contribution in [1.29, 1.82) is 0 Å². The summed E-state index contributed by atoms with van der Waals surface area (Å²) in [4.78, 5) is 27.9. The van der Waals surface area contributed by atoms with E-state index in [0.717, 1.165) is 11.1 Å². The number of carbonyl (C=O) groups is 2. The van der Waals surface area contributed by atoms with Gasteiger partial charge in [0.1, 0.15) is 6.04 Å². The van der Waals surface area contributed by atoms with Crippen molar-refractivity contribution in [3.63, 3.8) is 0 Å². The lowest BCUT2D eigenvalue weighted by Crippen LogP contribution is -2.53. The molecule has 2 aromatic rings. The van der Waals surface area contributed by atoms with Crippen molar-refractivity contribution in [1.82, 2.24) is 10.2 Å². The maximum Gasteiger partial charge on any atom is 0.243 e. The summed E-state index contributed by atoms with van der Waals surface area (Å²) in [5, 5.41) is 3.62. The first kappa shape index (κ1) is 23.9. The average Bonchev–Trinajstić information content (AvgIpc) is 2.67. The molecular weight excluding hydrogens is 396 g/mol. The molecule has 0 aromatic heterocycles. The Kier molecular flexibility index (Phi) is 8.48. The van der Waals surface area contributed by atoms with E-state index >= 15 is 0 Å². The van der Waals surface area contributed by atoms with Crippen LogP contribution in [0.25, 0.3) is 0 Å². The van der Waals surface area contributed by atoms with E-state index in [2.05, 4.69) is 5.32 Å². The third kappa shape index (κ3) is 7.17. The van der Waals surface area contributed by atoms with Crippen LogP contribution in [0.5, 0.6) is 0 Å². The van der Waals surface area contributed by atoms with E-state index in [1.807, 2.05) is 83.1 Å². The van der Waals surface area contributed by atoms with E-state index in [1.54, 1.807) is 4.90 Å². The molecule has 0 radical (unpaired) electrons. The van der Waals surface area contributed by atoms with E-state index in [0.29, 0.717) is 30.8 Å². The lowest BCUT2D eigenvalue weighted by atomic mass is 10.0. The van der Waals surface area contributed by atoms with Crippen molar-refractivity contribution >= 4 is 23.4 Å². The summed E-state index contributed by atoms with van der Waals surface area (Å²) in [6.07, 6.45) is 1.50. The molecule has 0 aliphatic heterocycles. The number of hydrogen-bond acceptors (Lipinski definition) is 2. The maximum atomic E-state index is 13.3. The number of carbonyl (C=O) groups excluding carboxylic acids is 2. The van der Waals surface area contributed by atoms with Crippen molar-refractivity contribution < 1.29 is 9.59 Å². The fourth-order valence-corrected chi connectivity index (χ4v) is 3.53. The van der Waals surface area contributed by atoms with Crippen LogP contribution in [0.15, 0.2) is 48.5 Å². The Morgan fingerprint density at radius 3 is 2.27 bits per heavy atom. The molecule has 4 nitrogen and oxygen atoms in total. The van der Waals surface area contributed by atoms with E-state index in [-0.39, 0.29) is 17.4 Å². The van der Waals surface area contributed by atoms with Crippen LogP contribution in [-0.4, -0.2) is 28.3 Å². The number of halogens is 1. The van der Waals surface area contributed by atoms with Crippen molar-refractivity contribution in [3.8, 4) is 0 Å². The summed E-state index contributed by atoms with van der Waals surface area (Å²) in [5.41, 5.74) is 2.77. The zero-order valence-electron chi connectivity index (χ0n) is 18.7. The van der Waals surface area contributed by atoms with Gasteiger partial charge in [0.15, 0.2) is 0 Å². The Hall–Kier alpha value is -2.33. The second-order valence-electron chi connectivity index (χ2n) is 8.76. The van der Waals surface area contributed by atoms with Gasteiger partial charge < -0.3 is 10.2 Å². The Bertz CT molecular complexity index is 856. The molecule has 30 heavy (non-hydrogen) atoms. The van der Waals surface area contributed by atoms with Gasteiger partial charge in [-0.25, -0.2) is 0 Å². The zero-order chi connectivity index (χ0) is 22.3. The SMILES string of the molecule is CCC(C(=O)NC(C)(C)C)N(Cc1ccccc1Cl)C(=O)CCc1ccc(C)cc1. The van der Waals surface area contributed by atoms with E-state index < -0.39 is 6.04 Å². The van der Waals surface area contributed by atoms with Gasteiger partial charge in [0, 0.05) is 23.5 Å². The highest BCUT2D eigenvalue weighted by Crippen LogP contribution is 2.21. The molecule has 0 aliphatic rings. The molecule has 162 valence electrons. The summed E-state index contributed by atoms with van der Waals surface area (Å²) < 4.78 is 0. The van der Waals surface area contributed by atoms with Gasteiger partial charge in [0.2, 0.25) is 11.8 Å². The van der Waals surface area contributed by atoms with Crippen LogP contribution in [0.4, 0.5) is 0 Å². The summed E-state index contributed by atoms with van der Waals surface area (Å²) in [7, 11) is 0. The standard InChI is InChI=1S/C25H33ClN2O2/c1-6-22(24(30)27-25(3,4)5)28(17-20-9-7-8-10-21(20)26)23(29)16-15-19-13-11-18(2)12-14-19/h7-14,22H,6,15-17H2,1-5H3,(H,27,30). The topological polar surface area (TPSA) is 49.4 Å². The molecule has 5 heteroatoms. The van der Waals surface area contributed by atoms with E-state index in [4.69, 9.17) is 11.6 Å². The van der Waals surface area contributed by atoms with Crippen LogP contribution in [0, 0.1) is 6.92 Å². The molecule has 0 saturated heterocycles. The second-order valence-corrected chi connectivity index (χ2v) is 9.17. The zero-order valence-corrected chi connectivity index (χ0v) is 19.4. The molecule has 0 saturated carbocycles. The lowest BCUT2D eigenvalue weighted by Gasteiger charge is -2.33. The number of nitrogens with one attached hydrogen (secondary N) is 1. The predicted molar refractivity (Wildman–Crippen MR) is 123 cm³/mol. The van der Waals surface area contributed by atoms with Crippen molar-refractivity contribution in [3.05, 3.63) is 70.2 Å². The van der Waals surface area contributed by atoms with Crippen LogP contribution < -0.4 is 5.32 Å². The van der Waals surface area contributed by atoms with Gasteiger partial charge in [-0.2, -0.15) is 0 Å². The van der Waals surface area contributed by atoms with Gasteiger partial charge >= 0.3 is 0 Å². The van der Waals surface area contributed by atoms with Crippen LogP contribution in [-0.2, 0) is 22.6 Å². The molecular formula is C25H33ClN2O2. The largest absolute Gasteiger partial charge is 0.350 e. The minimum Gasteiger partial charge on any atom is -0.350 e. The van der Waals surface area contributed by atoms with Crippen LogP contribution in [0.3, 0.4) is 0 Å². The van der Waals surface area contributed by atoms with Gasteiger partial charge in [0.05, 0.1) is 0 Å². The lowest BCUT2D eigenvalue weighted by molar-refractivity contribution is -0.142. The molecule has 0 spiro atoms. The van der Waals surface area contributed by atoms with Crippen molar-refractivity contribution in [2.24, 2.45) is 0 Å². The average molecular weight is 429 g/mol. The van der Waals surface area contributed by atoms with Crippen LogP contribution in [0.1, 0.15) is 57.2 Å². The van der Waals surface area contributed by atoms with Gasteiger partial charge in [0.25, 0.3) is 0 Å². The van der Waals surface area contributed by atoms with Gasteiger partial charge in [-0.05, 0) is 57.7 Å². The monoisotopic (exact) mass is 428 g/mol. The molecule has 2 aromatic carbocycles. The summed E-state index contributed by atoms with van der Waals surface area (Å²) in [6.45, 7) is 10.1. The highest BCUT2D eigenvalue weighted by Gasteiger charge is 2.30. The molecule has 2 rings (SSSR count). The molecule has 1 N–H and O–H groups in total. The third-order valence-electron chi connectivity index (χ3n) is 4.93. The van der Waals surface area contributed by atoms with E-state index in [9.17, 15) is 9.59 Å². The number of nitrogens with zero attached hydrogens (tertiary/aromatic N) is 1. The van der Waals surface area contributed by atoms with Crippen molar-refractivity contribution in [2.45, 2.75) is 72.0 Å². The second kappa shape index (κ2) is 10.6. The highest BCUT2D eigenvalue weighted by atomic mass is 35.5. The van der Waals surface area contributed by atoms with Gasteiger partial charge in [-0.1, -0.05) is 66.6 Å². The Labute approximate surface area is 185 Å². The smallest absolute Gasteiger partial charge is 0.243 e. The third-order valence-corrected chi connectivity index (χ3v) is 5.30.